The van der Waals surface area contributed by atoms with Gasteiger partial charge >= 0.3 is 0 Å². The van der Waals surface area contributed by atoms with Gasteiger partial charge in [-0.25, -0.2) is 0 Å². The van der Waals surface area contributed by atoms with E-state index >= 15 is 0 Å². The van der Waals surface area contributed by atoms with Crippen molar-refractivity contribution in [2.45, 2.75) is 30.0 Å². The van der Waals surface area contributed by atoms with Crippen LogP contribution in [-0.2, 0) is 5.75 Å². The topological polar surface area (TPSA) is 55.1 Å². The number of hydrogen-bond acceptors (Lipinski definition) is 3. The zero-order chi connectivity index (χ0) is 16.9. The van der Waals surface area contributed by atoms with Crippen molar-refractivity contribution in [2.75, 3.05) is 6.54 Å². The van der Waals surface area contributed by atoms with Crippen molar-refractivity contribution in [3.63, 3.8) is 0 Å². The third-order valence-electron chi connectivity index (χ3n) is 3.14. The molecule has 3 N–H and O–H groups in total. The first kappa shape index (κ1) is 21.0. The second-order valence-corrected chi connectivity index (χ2v) is 8.02. The van der Waals surface area contributed by atoms with Gasteiger partial charge in [-0.2, -0.15) is 0 Å². The van der Waals surface area contributed by atoms with E-state index in [0.29, 0.717) is 12.1 Å². The van der Waals surface area contributed by atoms with Gasteiger partial charge in [-0.3, -0.25) is 4.79 Å². The average molecular weight is 430 g/mol. The number of thioether (sulfide) groups is 1. The molecule has 0 radical (unpaired) electrons. The Labute approximate surface area is 162 Å². The highest BCUT2D eigenvalue weighted by atomic mass is 79.9. The summed E-state index contributed by atoms with van der Waals surface area (Å²) < 4.78 is 1.07. The van der Waals surface area contributed by atoms with Crippen molar-refractivity contribution in [1.29, 1.82) is 0 Å². The van der Waals surface area contributed by atoms with Crippen LogP contribution in [0.2, 0.25) is 0 Å². The maximum Gasteiger partial charge on any atom is 0.252 e. The van der Waals surface area contributed by atoms with Crippen molar-refractivity contribution in [1.82, 2.24) is 5.32 Å². The fraction of sp³-hybridized carbons (Fsp3) is 0.278. The quantitative estimate of drug-likeness (QED) is 0.658. The van der Waals surface area contributed by atoms with E-state index in [0.717, 1.165) is 15.1 Å². The molecule has 0 saturated carbocycles. The van der Waals surface area contributed by atoms with Gasteiger partial charge in [0.1, 0.15) is 0 Å². The summed E-state index contributed by atoms with van der Waals surface area (Å²) in [5.41, 5.74) is 7.41. The molecule has 2 aromatic carbocycles. The number of nitrogens with one attached hydrogen (secondary N) is 1. The van der Waals surface area contributed by atoms with E-state index < -0.39 is 5.54 Å². The van der Waals surface area contributed by atoms with Crippen molar-refractivity contribution in [3.8, 4) is 0 Å². The van der Waals surface area contributed by atoms with Crippen LogP contribution in [-0.4, -0.2) is 18.0 Å². The molecule has 0 aliphatic carbocycles. The van der Waals surface area contributed by atoms with Crippen LogP contribution >= 0.6 is 40.1 Å². The minimum absolute atomic E-state index is 0. The van der Waals surface area contributed by atoms with Crippen molar-refractivity contribution >= 4 is 46.0 Å². The molecule has 0 aliphatic rings. The molecular weight excluding hydrogens is 408 g/mol. The lowest BCUT2D eigenvalue weighted by Crippen LogP contribution is -2.45. The van der Waals surface area contributed by atoms with Crippen LogP contribution < -0.4 is 11.1 Å². The van der Waals surface area contributed by atoms with Crippen LogP contribution in [0.3, 0.4) is 0 Å². The number of halogens is 2. The SMILES string of the molecule is CC(C)(N)CNC(=O)c1ccccc1SCc1ccc(Br)cc1.Cl. The molecule has 0 fully saturated rings. The number of carbonyl (C=O) groups excluding carboxylic acids is 1. The van der Waals surface area contributed by atoms with Crippen molar-refractivity contribution in [2.24, 2.45) is 5.73 Å². The van der Waals surface area contributed by atoms with Crippen LogP contribution in [0.4, 0.5) is 0 Å². The predicted molar refractivity (Wildman–Crippen MR) is 108 cm³/mol. The lowest BCUT2D eigenvalue weighted by atomic mass is 10.1. The van der Waals surface area contributed by atoms with Gasteiger partial charge in [0.15, 0.2) is 0 Å². The molecule has 0 heterocycles. The number of hydrogen-bond donors (Lipinski definition) is 2. The largest absolute Gasteiger partial charge is 0.350 e. The summed E-state index contributed by atoms with van der Waals surface area (Å²) in [5, 5.41) is 2.90. The third-order valence-corrected chi connectivity index (χ3v) is 4.82. The van der Waals surface area contributed by atoms with Gasteiger partial charge in [0.05, 0.1) is 5.56 Å². The number of nitrogens with two attached hydrogens (primary N) is 1. The standard InChI is InChI=1S/C18H21BrN2OS.ClH/c1-18(2,20)12-21-17(22)15-5-3-4-6-16(15)23-11-13-7-9-14(19)10-8-13;/h3-10H,11-12,20H2,1-2H3,(H,21,22);1H. The third kappa shape index (κ3) is 6.85. The second-order valence-electron chi connectivity index (χ2n) is 6.08. The van der Waals surface area contributed by atoms with E-state index in [-0.39, 0.29) is 18.3 Å². The summed E-state index contributed by atoms with van der Waals surface area (Å²) in [5.74, 6) is 0.738. The van der Waals surface area contributed by atoms with E-state index in [2.05, 4.69) is 33.4 Å². The Hall–Kier alpha value is -1.01. The minimum atomic E-state index is -0.421. The highest BCUT2D eigenvalue weighted by Crippen LogP contribution is 2.27. The first-order valence-electron chi connectivity index (χ1n) is 7.38. The molecule has 0 unspecified atom stereocenters. The molecule has 0 aliphatic heterocycles. The molecule has 0 aromatic heterocycles. The van der Waals surface area contributed by atoms with Crippen LogP contribution in [0.15, 0.2) is 57.9 Å². The maximum absolute atomic E-state index is 12.4. The Morgan fingerprint density at radius 3 is 2.42 bits per heavy atom. The Bertz CT molecular complexity index is 671. The number of benzene rings is 2. The van der Waals surface area contributed by atoms with Gasteiger partial charge in [0, 0.05) is 27.2 Å². The van der Waals surface area contributed by atoms with Gasteiger partial charge in [-0.05, 0) is 43.7 Å². The average Bonchev–Trinajstić information content (AvgIpc) is 2.52. The lowest BCUT2D eigenvalue weighted by molar-refractivity contribution is 0.0943. The Kier molecular flexibility index (Phi) is 8.30. The summed E-state index contributed by atoms with van der Waals surface area (Å²) in [6.45, 7) is 4.22. The second kappa shape index (κ2) is 9.47. The van der Waals surface area contributed by atoms with Gasteiger partial charge in [0.2, 0.25) is 0 Å². The highest BCUT2D eigenvalue weighted by molar-refractivity contribution is 9.10. The van der Waals surface area contributed by atoms with E-state index in [1.807, 2.05) is 50.2 Å². The molecule has 130 valence electrons. The van der Waals surface area contributed by atoms with E-state index in [9.17, 15) is 4.79 Å². The number of rotatable bonds is 6. The maximum atomic E-state index is 12.4. The lowest BCUT2D eigenvalue weighted by Gasteiger charge is -2.19. The summed E-state index contributed by atoms with van der Waals surface area (Å²) in [6, 6.07) is 15.9. The van der Waals surface area contributed by atoms with Crippen molar-refractivity contribution in [3.05, 3.63) is 64.1 Å². The molecule has 0 atom stereocenters. The fourth-order valence-corrected chi connectivity index (χ4v) is 3.20. The fourth-order valence-electron chi connectivity index (χ4n) is 1.93. The Balaban J connectivity index is 0.00000288. The van der Waals surface area contributed by atoms with Crippen LogP contribution in [0.5, 0.6) is 0 Å². The number of carbonyl (C=O) groups is 1. The zero-order valence-corrected chi connectivity index (χ0v) is 16.9. The Morgan fingerprint density at radius 1 is 1.17 bits per heavy atom. The van der Waals surface area contributed by atoms with E-state index in [4.69, 9.17) is 5.73 Å². The molecule has 6 heteroatoms. The van der Waals surface area contributed by atoms with E-state index in [1.54, 1.807) is 11.8 Å². The van der Waals surface area contributed by atoms with Crippen LogP contribution in [0.25, 0.3) is 0 Å². The molecule has 3 nitrogen and oxygen atoms in total. The van der Waals surface area contributed by atoms with E-state index in [1.165, 1.54) is 5.56 Å². The van der Waals surface area contributed by atoms with Crippen LogP contribution in [0, 0.1) is 0 Å². The normalized spacial score (nSPS) is 10.8. The molecule has 24 heavy (non-hydrogen) atoms. The smallest absolute Gasteiger partial charge is 0.252 e. The molecule has 1 amide bonds. The summed E-state index contributed by atoms with van der Waals surface area (Å²) >= 11 is 5.10. The molecule has 2 rings (SSSR count). The number of amides is 1. The van der Waals surface area contributed by atoms with Gasteiger partial charge in [0.25, 0.3) is 5.91 Å². The monoisotopic (exact) mass is 428 g/mol. The molecule has 0 bridgehead atoms. The predicted octanol–water partition coefficient (Wildman–Crippen LogP) is 4.63. The molecule has 2 aromatic rings. The van der Waals surface area contributed by atoms with Crippen molar-refractivity contribution < 1.29 is 4.79 Å². The van der Waals surface area contributed by atoms with Gasteiger partial charge < -0.3 is 11.1 Å². The first-order chi connectivity index (χ1) is 10.8. The molecule has 0 saturated heterocycles. The summed E-state index contributed by atoms with van der Waals surface area (Å²) in [6.07, 6.45) is 0. The zero-order valence-electron chi connectivity index (χ0n) is 13.7. The minimum Gasteiger partial charge on any atom is -0.350 e. The molecular formula is C18H22BrClN2OS. The van der Waals surface area contributed by atoms with Gasteiger partial charge in [-0.15, -0.1) is 24.2 Å². The highest BCUT2D eigenvalue weighted by Gasteiger charge is 2.15. The Morgan fingerprint density at radius 2 is 1.79 bits per heavy atom. The molecule has 0 spiro atoms. The first-order valence-corrected chi connectivity index (χ1v) is 9.16. The summed E-state index contributed by atoms with van der Waals surface area (Å²) in [7, 11) is 0. The van der Waals surface area contributed by atoms with Crippen LogP contribution in [0.1, 0.15) is 29.8 Å². The summed E-state index contributed by atoms with van der Waals surface area (Å²) in [4.78, 5) is 13.4. The van der Waals surface area contributed by atoms with Gasteiger partial charge in [-0.1, -0.05) is 40.2 Å².